The SMILES string of the molecule is CCC(C)c1ccc(S(=O)(=O)NC(CO)CC(C)C)cc1. The summed E-state index contributed by atoms with van der Waals surface area (Å²) in [6.45, 7) is 8.03. The first-order chi connectivity index (χ1) is 9.80. The number of hydrogen-bond donors (Lipinski definition) is 2. The predicted octanol–water partition coefficient (Wildman–Crippen LogP) is 2.89. The predicted molar refractivity (Wildman–Crippen MR) is 85.8 cm³/mol. The van der Waals surface area contributed by atoms with E-state index < -0.39 is 16.1 Å². The Morgan fingerprint density at radius 3 is 2.14 bits per heavy atom. The maximum absolute atomic E-state index is 12.3. The Morgan fingerprint density at radius 1 is 1.14 bits per heavy atom. The number of benzene rings is 1. The van der Waals surface area contributed by atoms with Crippen molar-refractivity contribution < 1.29 is 13.5 Å². The van der Waals surface area contributed by atoms with E-state index in [-0.39, 0.29) is 11.5 Å². The first-order valence-electron chi connectivity index (χ1n) is 7.53. The van der Waals surface area contributed by atoms with Crippen LogP contribution in [0.25, 0.3) is 0 Å². The lowest BCUT2D eigenvalue weighted by Gasteiger charge is -2.18. The molecule has 120 valence electrons. The average molecular weight is 313 g/mol. The summed E-state index contributed by atoms with van der Waals surface area (Å²) in [5.41, 5.74) is 1.14. The molecular weight excluding hydrogens is 286 g/mol. The highest BCUT2D eigenvalue weighted by Crippen LogP contribution is 2.20. The van der Waals surface area contributed by atoms with Gasteiger partial charge in [-0.3, -0.25) is 0 Å². The van der Waals surface area contributed by atoms with E-state index in [1.807, 2.05) is 26.0 Å². The maximum Gasteiger partial charge on any atom is 0.240 e. The molecule has 1 aromatic rings. The van der Waals surface area contributed by atoms with Crippen LogP contribution < -0.4 is 4.72 Å². The van der Waals surface area contributed by atoms with Crippen LogP contribution >= 0.6 is 0 Å². The molecule has 2 N–H and O–H groups in total. The van der Waals surface area contributed by atoms with Crippen LogP contribution in [-0.4, -0.2) is 26.2 Å². The van der Waals surface area contributed by atoms with E-state index in [9.17, 15) is 13.5 Å². The lowest BCUT2D eigenvalue weighted by Crippen LogP contribution is -2.38. The van der Waals surface area contributed by atoms with Gasteiger partial charge >= 0.3 is 0 Å². The molecule has 0 amide bonds. The Hall–Kier alpha value is -0.910. The van der Waals surface area contributed by atoms with Gasteiger partial charge in [0.1, 0.15) is 0 Å². The van der Waals surface area contributed by atoms with E-state index in [0.717, 1.165) is 12.0 Å². The topological polar surface area (TPSA) is 66.4 Å². The van der Waals surface area contributed by atoms with Crippen molar-refractivity contribution in [2.45, 2.75) is 57.4 Å². The summed E-state index contributed by atoms with van der Waals surface area (Å²) in [6, 6.07) is 6.55. The van der Waals surface area contributed by atoms with Gasteiger partial charge in [0.2, 0.25) is 10.0 Å². The van der Waals surface area contributed by atoms with Crippen LogP contribution in [0, 0.1) is 5.92 Å². The van der Waals surface area contributed by atoms with Gasteiger partial charge in [0, 0.05) is 6.04 Å². The van der Waals surface area contributed by atoms with Crippen LogP contribution in [0.5, 0.6) is 0 Å². The number of sulfonamides is 1. The summed E-state index contributed by atoms with van der Waals surface area (Å²) in [7, 11) is -3.58. The molecule has 0 radical (unpaired) electrons. The second-order valence-electron chi connectivity index (χ2n) is 6.01. The summed E-state index contributed by atoms with van der Waals surface area (Å²) in [5.74, 6) is 0.735. The van der Waals surface area contributed by atoms with Crippen LogP contribution in [0.2, 0.25) is 0 Å². The molecule has 0 bridgehead atoms. The second-order valence-corrected chi connectivity index (χ2v) is 7.72. The van der Waals surface area contributed by atoms with Crippen molar-refractivity contribution in [3.05, 3.63) is 29.8 Å². The Labute approximate surface area is 128 Å². The minimum atomic E-state index is -3.58. The molecule has 2 atom stereocenters. The Bertz CT molecular complexity index is 523. The highest BCUT2D eigenvalue weighted by molar-refractivity contribution is 7.89. The van der Waals surface area contributed by atoms with E-state index in [1.165, 1.54) is 0 Å². The smallest absolute Gasteiger partial charge is 0.240 e. The molecule has 0 aromatic heterocycles. The summed E-state index contributed by atoms with van der Waals surface area (Å²) in [4.78, 5) is 0.247. The van der Waals surface area contributed by atoms with Crippen molar-refractivity contribution in [1.29, 1.82) is 0 Å². The van der Waals surface area contributed by atoms with E-state index in [4.69, 9.17) is 0 Å². The third kappa shape index (κ3) is 5.41. The van der Waals surface area contributed by atoms with Crippen LogP contribution in [0.4, 0.5) is 0 Å². The van der Waals surface area contributed by atoms with E-state index in [1.54, 1.807) is 12.1 Å². The van der Waals surface area contributed by atoms with Gasteiger partial charge in [-0.2, -0.15) is 0 Å². The van der Waals surface area contributed by atoms with E-state index in [2.05, 4.69) is 18.6 Å². The van der Waals surface area contributed by atoms with E-state index in [0.29, 0.717) is 18.3 Å². The van der Waals surface area contributed by atoms with Crippen LogP contribution in [-0.2, 0) is 10.0 Å². The molecule has 5 heteroatoms. The van der Waals surface area contributed by atoms with Gasteiger partial charge in [0.15, 0.2) is 0 Å². The molecule has 0 aliphatic carbocycles. The lowest BCUT2D eigenvalue weighted by molar-refractivity contribution is 0.240. The molecule has 0 saturated heterocycles. The van der Waals surface area contributed by atoms with Gasteiger partial charge in [0.05, 0.1) is 11.5 Å². The molecule has 0 fully saturated rings. The van der Waals surface area contributed by atoms with Gasteiger partial charge in [-0.1, -0.05) is 39.8 Å². The Balaban J connectivity index is 2.87. The fourth-order valence-electron chi connectivity index (χ4n) is 2.23. The quantitative estimate of drug-likeness (QED) is 0.775. The lowest BCUT2D eigenvalue weighted by atomic mass is 9.99. The fraction of sp³-hybridized carbons (Fsp3) is 0.625. The zero-order chi connectivity index (χ0) is 16.0. The molecule has 0 spiro atoms. The largest absolute Gasteiger partial charge is 0.395 e. The van der Waals surface area contributed by atoms with Crippen molar-refractivity contribution in [2.24, 2.45) is 5.92 Å². The van der Waals surface area contributed by atoms with Crippen molar-refractivity contribution in [3.8, 4) is 0 Å². The summed E-state index contributed by atoms with van der Waals surface area (Å²) < 4.78 is 27.2. The number of aliphatic hydroxyl groups excluding tert-OH is 1. The summed E-state index contributed by atoms with van der Waals surface area (Å²) in [5, 5.41) is 9.31. The van der Waals surface area contributed by atoms with E-state index >= 15 is 0 Å². The number of rotatable bonds is 8. The monoisotopic (exact) mass is 313 g/mol. The van der Waals surface area contributed by atoms with Crippen molar-refractivity contribution in [3.63, 3.8) is 0 Å². The molecule has 1 aromatic carbocycles. The molecule has 0 saturated carbocycles. The number of nitrogens with one attached hydrogen (secondary N) is 1. The molecule has 21 heavy (non-hydrogen) atoms. The summed E-state index contributed by atoms with van der Waals surface area (Å²) in [6.07, 6.45) is 1.63. The molecule has 0 heterocycles. The molecule has 0 aliphatic rings. The van der Waals surface area contributed by atoms with Gasteiger partial charge in [-0.05, 0) is 42.4 Å². The van der Waals surface area contributed by atoms with Crippen LogP contribution in [0.3, 0.4) is 0 Å². The molecule has 2 unspecified atom stereocenters. The minimum absolute atomic E-state index is 0.192. The Kier molecular flexibility index (Phi) is 6.84. The van der Waals surface area contributed by atoms with Crippen molar-refractivity contribution in [1.82, 2.24) is 4.72 Å². The van der Waals surface area contributed by atoms with Crippen LogP contribution in [0.1, 0.15) is 52.0 Å². The average Bonchev–Trinajstić information content (AvgIpc) is 2.45. The van der Waals surface area contributed by atoms with Crippen molar-refractivity contribution in [2.75, 3.05) is 6.61 Å². The van der Waals surface area contributed by atoms with Gasteiger partial charge < -0.3 is 5.11 Å². The zero-order valence-corrected chi connectivity index (χ0v) is 14.2. The zero-order valence-electron chi connectivity index (χ0n) is 13.3. The Morgan fingerprint density at radius 2 is 1.71 bits per heavy atom. The summed E-state index contributed by atoms with van der Waals surface area (Å²) >= 11 is 0. The number of hydrogen-bond acceptors (Lipinski definition) is 3. The van der Waals surface area contributed by atoms with Gasteiger partial charge in [-0.15, -0.1) is 0 Å². The molecule has 4 nitrogen and oxygen atoms in total. The third-order valence-electron chi connectivity index (χ3n) is 3.67. The minimum Gasteiger partial charge on any atom is -0.395 e. The first kappa shape index (κ1) is 18.1. The van der Waals surface area contributed by atoms with Crippen molar-refractivity contribution >= 4 is 10.0 Å². The van der Waals surface area contributed by atoms with Crippen LogP contribution in [0.15, 0.2) is 29.2 Å². The third-order valence-corrected chi connectivity index (χ3v) is 5.21. The highest BCUT2D eigenvalue weighted by atomic mass is 32.2. The number of aliphatic hydroxyl groups is 1. The maximum atomic E-state index is 12.3. The van der Waals surface area contributed by atoms with Gasteiger partial charge in [0.25, 0.3) is 0 Å². The first-order valence-corrected chi connectivity index (χ1v) is 9.01. The molecule has 0 aliphatic heterocycles. The second kappa shape index (κ2) is 7.92. The molecular formula is C16H27NO3S. The fourth-order valence-corrected chi connectivity index (χ4v) is 3.47. The van der Waals surface area contributed by atoms with Gasteiger partial charge in [-0.25, -0.2) is 13.1 Å². The highest BCUT2D eigenvalue weighted by Gasteiger charge is 2.20. The standard InChI is InChI=1S/C16H27NO3S/c1-5-13(4)14-6-8-16(9-7-14)21(19,20)17-15(11-18)10-12(2)3/h6-9,12-13,15,17-18H,5,10-11H2,1-4H3. The normalized spacial score (nSPS) is 15.1. The molecule has 1 rings (SSSR count).